The highest BCUT2D eigenvalue weighted by Gasteiger charge is 2.14. The Morgan fingerprint density at radius 3 is 1.39 bits per heavy atom. The summed E-state index contributed by atoms with van der Waals surface area (Å²) in [6.45, 7) is 4.34. The predicted molar refractivity (Wildman–Crippen MR) is 136 cm³/mol. The van der Waals surface area contributed by atoms with Gasteiger partial charge < -0.3 is 9.47 Å². The Bertz CT molecular complexity index is 1320. The van der Waals surface area contributed by atoms with E-state index in [0.29, 0.717) is 22.6 Å². The molecule has 4 rings (SSSR count). The van der Waals surface area contributed by atoms with Crippen LogP contribution in [0.3, 0.4) is 0 Å². The van der Waals surface area contributed by atoms with Crippen molar-refractivity contribution in [2.45, 2.75) is 27.1 Å². The Balaban J connectivity index is 1.53. The molecule has 0 heterocycles. The largest absolute Gasteiger partial charge is 0.489 e. The summed E-state index contributed by atoms with van der Waals surface area (Å²) >= 11 is 0. The van der Waals surface area contributed by atoms with E-state index in [4.69, 9.17) is 9.47 Å². The van der Waals surface area contributed by atoms with Gasteiger partial charge in [-0.25, -0.2) is 0 Å². The first-order valence-corrected chi connectivity index (χ1v) is 11.3. The summed E-state index contributed by atoms with van der Waals surface area (Å²) in [6, 6.07) is 24.3. The van der Waals surface area contributed by atoms with Gasteiger partial charge in [0.1, 0.15) is 24.7 Å². The van der Waals surface area contributed by atoms with Crippen molar-refractivity contribution in [2.75, 3.05) is 0 Å². The molecule has 8 heteroatoms. The third kappa shape index (κ3) is 5.50. The van der Waals surface area contributed by atoms with Gasteiger partial charge in [-0.15, -0.1) is 0 Å². The van der Waals surface area contributed by atoms with Gasteiger partial charge >= 0.3 is 0 Å². The average Bonchev–Trinajstić information content (AvgIpc) is 2.88. The average molecular weight is 485 g/mol. The van der Waals surface area contributed by atoms with Gasteiger partial charge in [0.05, 0.1) is 9.85 Å². The molecule has 0 radical (unpaired) electrons. The molecule has 36 heavy (non-hydrogen) atoms. The fraction of sp³-hybridized carbons (Fsp3) is 0.143. The summed E-state index contributed by atoms with van der Waals surface area (Å²) in [4.78, 5) is 21.2. The van der Waals surface area contributed by atoms with E-state index in [1.54, 1.807) is 24.3 Å². The second-order valence-corrected chi connectivity index (χ2v) is 8.29. The van der Waals surface area contributed by atoms with Crippen LogP contribution in [0.5, 0.6) is 11.5 Å². The van der Waals surface area contributed by atoms with Crippen LogP contribution in [-0.2, 0) is 13.2 Å². The fourth-order valence-electron chi connectivity index (χ4n) is 3.97. The van der Waals surface area contributed by atoms with Crippen LogP contribution < -0.4 is 9.47 Å². The maximum absolute atomic E-state index is 11.0. The number of hydrogen-bond acceptors (Lipinski definition) is 6. The molecule has 0 spiro atoms. The first-order valence-electron chi connectivity index (χ1n) is 11.3. The molecule has 0 aliphatic carbocycles. The van der Waals surface area contributed by atoms with Crippen molar-refractivity contribution in [3.63, 3.8) is 0 Å². The number of nitro benzene ring substituents is 2. The summed E-state index contributed by atoms with van der Waals surface area (Å²) in [7, 11) is 0. The molecule has 0 aliphatic rings. The number of nitrogens with zero attached hydrogens (tertiary/aromatic N) is 2. The number of hydrogen-bond donors (Lipinski definition) is 0. The molecule has 0 aliphatic heterocycles. The number of benzene rings is 4. The Morgan fingerprint density at radius 2 is 1.00 bits per heavy atom. The Morgan fingerprint density at radius 1 is 0.611 bits per heavy atom. The summed E-state index contributed by atoms with van der Waals surface area (Å²) in [5.74, 6) is 1.36. The minimum Gasteiger partial charge on any atom is -0.489 e. The monoisotopic (exact) mass is 484 g/mol. The molecule has 0 saturated heterocycles. The molecule has 0 N–H and O–H groups in total. The van der Waals surface area contributed by atoms with Gasteiger partial charge in [-0.2, -0.15) is 0 Å². The number of ether oxygens (including phenoxy) is 2. The highest BCUT2D eigenvalue weighted by molar-refractivity contribution is 5.74. The first kappa shape index (κ1) is 24.4. The minimum atomic E-state index is -0.424. The van der Waals surface area contributed by atoms with Crippen LogP contribution >= 0.6 is 0 Å². The molecule has 8 nitrogen and oxygen atoms in total. The molecule has 0 fully saturated rings. The first-order chi connectivity index (χ1) is 17.3. The zero-order chi connectivity index (χ0) is 25.7. The Hall–Kier alpha value is -4.72. The number of rotatable bonds is 9. The Labute approximate surface area is 208 Å². The third-order valence-electron chi connectivity index (χ3n) is 5.89. The van der Waals surface area contributed by atoms with Crippen molar-refractivity contribution < 1.29 is 19.3 Å². The summed E-state index contributed by atoms with van der Waals surface area (Å²) in [5.41, 5.74) is 5.29. The highest BCUT2D eigenvalue weighted by atomic mass is 16.6. The van der Waals surface area contributed by atoms with E-state index in [1.165, 1.54) is 24.3 Å². The molecule has 0 amide bonds. The fourth-order valence-corrected chi connectivity index (χ4v) is 3.97. The summed E-state index contributed by atoms with van der Waals surface area (Å²) in [6.07, 6.45) is 0. The van der Waals surface area contributed by atoms with Crippen LogP contribution in [0.1, 0.15) is 22.3 Å². The molecular formula is C28H24N2O6. The van der Waals surface area contributed by atoms with Crippen LogP contribution in [0.15, 0.2) is 84.9 Å². The lowest BCUT2D eigenvalue weighted by molar-refractivity contribution is -0.385. The molecule has 0 unspecified atom stereocenters. The number of non-ortho nitro benzene ring substituents is 2. The summed E-state index contributed by atoms with van der Waals surface area (Å²) in [5, 5.41) is 22.1. The highest BCUT2D eigenvalue weighted by Crippen LogP contribution is 2.36. The summed E-state index contributed by atoms with van der Waals surface area (Å²) < 4.78 is 12.0. The minimum absolute atomic E-state index is 0.0270. The van der Waals surface area contributed by atoms with Crippen LogP contribution in [-0.4, -0.2) is 9.85 Å². The van der Waals surface area contributed by atoms with E-state index in [1.807, 2.05) is 50.2 Å². The van der Waals surface area contributed by atoms with Crippen LogP contribution in [0.25, 0.3) is 11.1 Å². The second kappa shape index (κ2) is 10.7. The van der Waals surface area contributed by atoms with E-state index < -0.39 is 9.85 Å². The molecule has 0 atom stereocenters. The van der Waals surface area contributed by atoms with E-state index in [2.05, 4.69) is 0 Å². The van der Waals surface area contributed by atoms with E-state index in [-0.39, 0.29) is 24.6 Å². The zero-order valence-electron chi connectivity index (χ0n) is 19.8. The van der Waals surface area contributed by atoms with Gasteiger partial charge in [0.15, 0.2) is 0 Å². The third-order valence-corrected chi connectivity index (χ3v) is 5.89. The van der Waals surface area contributed by atoms with E-state index in [0.717, 1.165) is 22.3 Å². The van der Waals surface area contributed by atoms with E-state index >= 15 is 0 Å². The van der Waals surface area contributed by atoms with Crippen LogP contribution in [0, 0.1) is 34.1 Å². The zero-order valence-corrected chi connectivity index (χ0v) is 19.8. The smallest absolute Gasteiger partial charge is 0.269 e. The molecule has 182 valence electrons. The van der Waals surface area contributed by atoms with Crippen molar-refractivity contribution in [2.24, 2.45) is 0 Å². The van der Waals surface area contributed by atoms with Gasteiger partial charge in [0, 0.05) is 24.3 Å². The second-order valence-electron chi connectivity index (χ2n) is 8.29. The van der Waals surface area contributed by atoms with Gasteiger partial charge in [-0.05, 0) is 59.4 Å². The van der Waals surface area contributed by atoms with Crippen LogP contribution in [0.2, 0.25) is 0 Å². The van der Waals surface area contributed by atoms with Gasteiger partial charge in [0.2, 0.25) is 0 Å². The van der Waals surface area contributed by atoms with Crippen molar-refractivity contribution in [1.29, 1.82) is 0 Å². The van der Waals surface area contributed by atoms with Crippen molar-refractivity contribution >= 4 is 11.4 Å². The predicted octanol–water partition coefficient (Wildman–Crippen LogP) is 6.94. The lowest BCUT2D eigenvalue weighted by Crippen LogP contribution is -2.01. The quantitative estimate of drug-likeness (QED) is 0.188. The maximum Gasteiger partial charge on any atom is 0.269 e. The molecule has 0 aromatic heterocycles. The van der Waals surface area contributed by atoms with Gasteiger partial charge in [0.25, 0.3) is 11.4 Å². The Kier molecular flexibility index (Phi) is 7.25. The van der Waals surface area contributed by atoms with Crippen LogP contribution in [0.4, 0.5) is 11.4 Å². The molecular weight excluding hydrogens is 460 g/mol. The maximum atomic E-state index is 11.0. The van der Waals surface area contributed by atoms with Gasteiger partial charge in [-0.1, -0.05) is 48.5 Å². The SMILES string of the molecule is Cc1c(OCc2cccc([N+](=O)[O-])c2)cccc1-c1cccc(OCc2cccc([N+](=O)[O-])c2)c1C. The van der Waals surface area contributed by atoms with Crippen molar-refractivity contribution in [3.8, 4) is 22.6 Å². The standard InChI is InChI=1S/C28H24N2O6/c1-19-25(11-5-13-27(19)35-17-21-7-3-9-23(15-21)29(31)32)26-12-6-14-28(20(26)2)36-18-22-8-4-10-24(16-22)30(33)34/h3-16H,17-18H2,1-2H3. The molecule has 4 aromatic carbocycles. The van der Waals surface area contributed by atoms with Crippen molar-refractivity contribution in [3.05, 3.63) is 127 Å². The van der Waals surface area contributed by atoms with Gasteiger partial charge in [-0.3, -0.25) is 20.2 Å². The molecule has 0 saturated carbocycles. The molecule has 0 bridgehead atoms. The van der Waals surface area contributed by atoms with E-state index in [9.17, 15) is 20.2 Å². The topological polar surface area (TPSA) is 105 Å². The van der Waals surface area contributed by atoms with Crippen molar-refractivity contribution in [1.82, 2.24) is 0 Å². The molecule has 4 aromatic rings. The lowest BCUT2D eigenvalue weighted by Gasteiger charge is -2.17. The number of nitro groups is 2. The normalized spacial score (nSPS) is 10.6. The lowest BCUT2D eigenvalue weighted by atomic mass is 9.95.